The van der Waals surface area contributed by atoms with Crippen LogP contribution in [0.2, 0.25) is 0 Å². The number of hydrogen-bond acceptors (Lipinski definition) is 6. The number of rotatable bonds is 7. The number of likely N-dealkylation sites (N-methyl/N-ethyl adjacent to an activating group) is 1. The second kappa shape index (κ2) is 11.8. The van der Waals surface area contributed by atoms with Crippen LogP contribution in [0.25, 0.3) is 16.8 Å². The molecule has 39 heavy (non-hydrogen) atoms. The molecule has 3 aromatic carbocycles. The highest BCUT2D eigenvalue weighted by Gasteiger charge is 2.33. The molecule has 0 spiro atoms. The Balaban J connectivity index is 1.61. The quantitative estimate of drug-likeness (QED) is 0.253. The number of nitrogens with zero attached hydrogens (tertiary/aromatic N) is 2. The van der Waals surface area contributed by atoms with Gasteiger partial charge in [0.15, 0.2) is 0 Å². The van der Waals surface area contributed by atoms with Gasteiger partial charge in [-0.25, -0.2) is 9.59 Å². The Morgan fingerprint density at radius 2 is 1.87 bits per heavy atom. The van der Waals surface area contributed by atoms with Gasteiger partial charge in [0.1, 0.15) is 17.5 Å². The molecule has 1 aliphatic heterocycles. The number of fused-ring (bicyclic) bond motifs is 2. The van der Waals surface area contributed by atoms with E-state index >= 15 is 0 Å². The molecule has 0 radical (unpaired) electrons. The lowest BCUT2D eigenvalue weighted by Gasteiger charge is -2.39. The summed E-state index contributed by atoms with van der Waals surface area (Å²) in [6.45, 7) is 10.7. The van der Waals surface area contributed by atoms with Crippen molar-refractivity contribution in [3.8, 4) is 5.75 Å². The molecule has 206 valence electrons. The molecule has 2 unspecified atom stereocenters. The molecular formula is C32H38N2O5. The van der Waals surface area contributed by atoms with Crippen molar-refractivity contribution in [2.24, 2.45) is 0 Å². The minimum atomic E-state index is -0.634. The molecule has 4 rings (SSSR count). The van der Waals surface area contributed by atoms with Gasteiger partial charge in [0.05, 0.1) is 31.4 Å². The largest absolute Gasteiger partial charge is 0.485 e. The van der Waals surface area contributed by atoms with Crippen molar-refractivity contribution in [2.45, 2.75) is 52.4 Å². The lowest BCUT2D eigenvalue weighted by atomic mass is 9.98. The van der Waals surface area contributed by atoms with Crippen LogP contribution in [0, 0.1) is 0 Å². The van der Waals surface area contributed by atoms with Crippen molar-refractivity contribution in [2.75, 3.05) is 31.6 Å². The Morgan fingerprint density at radius 3 is 2.62 bits per heavy atom. The predicted molar refractivity (Wildman–Crippen MR) is 155 cm³/mol. The fourth-order valence-corrected chi connectivity index (χ4v) is 4.83. The Morgan fingerprint density at radius 1 is 1.13 bits per heavy atom. The summed E-state index contributed by atoms with van der Waals surface area (Å²) in [5.74, 6) is 0.309. The summed E-state index contributed by atoms with van der Waals surface area (Å²) < 4.78 is 17.3. The zero-order valence-corrected chi connectivity index (χ0v) is 23.6. The van der Waals surface area contributed by atoms with Gasteiger partial charge >= 0.3 is 12.1 Å². The molecule has 3 aromatic rings. The van der Waals surface area contributed by atoms with E-state index in [4.69, 9.17) is 14.2 Å². The monoisotopic (exact) mass is 530 g/mol. The topological polar surface area (TPSA) is 68.3 Å². The molecule has 0 N–H and O–H groups in total. The van der Waals surface area contributed by atoms with Crippen LogP contribution in [0.3, 0.4) is 0 Å². The highest BCUT2D eigenvalue weighted by Crippen LogP contribution is 2.35. The molecular weight excluding hydrogens is 492 g/mol. The number of carbonyl (C=O) groups excluding carboxylic acids is 2. The number of benzene rings is 3. The van der Waals surface area contributed by atoms with Crippen molar-refractivity contribution in [3.05, 3.63) is 77.9 Å². The van der Waals surface area contributed by atoms with Crippen molar-refractivity contribution in [1.82, 2.24) is 4.90 Å². The molecule has 0 aliphatic carbocycles. The lowest BCUT2D eigenvalue weighted by Crippen LogP contribution is -2.48. The summed E-state index contributed by atoms with van der Waals surface area (Å²) >= 11 is 0. The van der Waals surface area contributed by atoms with Gasteiger partial charge in [0.2, 0.25) is 0 Å². The van der Waals surface area contributed by atoms with Gasteiger partial charge in [-0.2, -0.15) is 0 Å². The van der Waals surface area contributed by atoms with E-state index in [-0.39, 0.29) is 24.2 Å². The number of hydrogen-bond donors (Lipinski definition) is 0. The van der Waals surface area contributed by atoms with E-state index in [9.17, 15) is 9.59 Å². The van der Waals surface area contributed by atoms with Gasteiger partial charge in [0.25, 0.3) is 0 Å². The maximum atomic E-state index is 13.5. The highest BCUT2D eigenvalue weighted by molar-refractivity contribution is 5.87. The van der Waals surface area contributed by atoms with Crippen molar-refractivity contribution in [3.63, 3.8) is 0 Å². The molecule has 0 aromatic heterocycles. The van der Waals surface area contributed by atoms with E-state index in [2.05, 4.69) is 29.2 Å². The Hall–Kier alpha value is -4.00. The number of anilines is 1. The van der Waals surface area contributed by atoms with Gasteiger partial charge < -0.3 is 19.1 Å². The third kappa shape index (κ3) is 6.91. The van der Waals surface area contributed by atoms with E-state index < -0.39 is 5.60 Å². The van der Waals surface area contributed by atoms with Gasteiger partial charge in [0, 0.05) is 13.1 Å². The van der Waals surface area contributed by atoms with Crippen LogP contribution < -0.4 is 9.64 Å². The second-order valence-corrected chi connectivity index (χ2v) is 10.8. The van der Waals surface area contributed by atoms with E-state index in [1.54, 1.807) is 17.9 Å². The average Bonchev–Trinajstić information content (AvgIpc) is 2.89. The van der Waals surface area contributed by atoms with Crippen LogP contribution in [0.1, 0.15) is 51.8 Å². The molecule has 1 heterocycles. The number of esters is 1. The number of ether oxygens (including phenoxy) is 3. The van der Waals surface area contributed by atoms with Crippen LogP contribution in [0.5, 0.6) is 5.75 Å². The molecule has 2 atom stereocenters. The SMILES string of the molecule is CCOC(=O)C=Cc1ccc2c(c1)OC(CN(C(=O)OC(C)(C)C)C(C)c1cccc3ccccc13)CN2C. The van der Waals surface area contributed by atoms with Crippen molar-refractivity contribution < 1.29 is 23.8 Å². The summed E-state index contributed by atoms with van der Waals surface area (Å²) in [7, 11) is 2.01. The summed E-state index contributed by atoms with van der Waals surface area (Å²) in [5.41, 5.74) is 2.19. The number of amides is 1. The lowest BCUT2D eigenvalue weighted by molar-refractivity contribution is -0.137. The second-order valence-electron chi connectivity index (χ2n) is 10.8. The van der Waals surface area contributed by atoms with Crippen LogP contribution >= 0.6 is 0 Å². The molecule has 1 aliphatic rings. The van der Waals surface area contributed by atoms with Crippen LogP contribution in [-0.4, -0.2) is 55.4 Å². The Labute approximate surface area is 230 Å². The van der Waals surface area contributed by atoms with E-state index in [0.717, 1.165) is 27.6 Å². The summed E-state index contributed by atoms with van der Waals surface area (Å²) in [6, 6.07) is 19.9. The normalized spacial score (nSPS) is 15.9. The number of carbonyl (C=O) groups is 2. The maximum Gasteiger partial charge on any atom is 0.410 e. The summed E-state index contributed by atoms with van der Waals surface area (Å²) in [4.78, 5) is 29.2. The third-order valence-corrected chi connectivity index (χ3v) is 6.63. The zero-order chi connectivity index (χ0) is 28.2. The third-order valence-electron chi connectivity index (χ3n) is 6.63. The predicted octanol–water partition coefficient (Wildman–Crippen LogP) is 6.61. The molecule has 0 fully saturated rings. The summed E-state index contributed by atoms with van der Waals surface area (Å²) in [5, 5.41) is 2.23. The Kier molecular flexibility index (Phi) is 8.48. The standard InChI is InChI=1S/C32H38N2O5/c1-7-37-30(35)18-16-23-15-17-28-29(19-23)38-25(20-33(28)6)21-34(31(36)39-32(3,4)5)22(2)26-14-10-12-24-11-8-9-13-27(24)26/h8-19,22,25H,7,20-21H2,1-6H3. The van der Waals surface area contributed by atoms with Crippen LogP contribution in [0.15, 0.2) is 66.7 Å². The minimum absolute atomic E-state index is 0.250. The zero-order valence-electron chi connectivity index (χ0n) is 23.6. The smallest absolute Gasteiger partial charge is 0.410 e. The van der Waals surface area contributed by atoms with Crippen molar-refractivity contribution in [1.29, 1.82) is 0 Å². The van der Waals surface area contributed by atoms with Crippen LogP contribution in [-0.2, 0) is 14.3 Å². The molecule has 0 saturated carbocycles. The first kappa shape index (κ1) is 28.0. The summed E-state index contributed by atoms with van der Waals surface area (Å²) in [6.07, 6.45) is 2.44. The first-order valence-electron chi connectivity index (χ1n) is 13.4. The van der Waals surface area contributed by atoms with Crippen molar-refractivity contribution >= 4 is 34.6 Å². The average molecular weight is 531 g/mol. The van der Waals surface area contributed by atoms with Gasteiger partial charge in [-0.3, -0.25) is 4.90 Å². The maximum absolute atomic E-state index is 13.5. The van der Waals surface area contributed by atoms with Crippen LogP contribution in [0.4, 0.5) is 10.5 Å². The van der Waals surface area contributed by atoms with E-state index in [1.165, 1.54) is 6.08 Å². The van der Waals surface area contributed by atoms with E-state index in [0.29, 0.717) is 25.4 Å². The van der Waals surface area contributed by atoms with E-state index in [1.807, 2.05) is 71.1 Å². The first-order valence-corrected chi connectivity index (χ1v) is 13.4. The van der Waals surface area contributed by atoms with Gasteiger partial charge in [-0.15, -0.1) is 0 Å². The molecule has 1 amide bonds. The first-order chi connectivity index (χ1) is 18.6. The molecule has 0 saturated heterocycles. The molecule has 7 heteroatoms. The van der Waals surface area contributed by atoms with Gasteiger partial charge in [-0.05, 0) is 74.7 Å². The fourth-order valence-electron chi connectivity index (χ4n) is 4.83. The van der Waals surface area contributed by atoms with Gasteiger partial charge in [-0.1, -0.05) is 48.5 Å². The fraction of sp³-hybridized carbons (Fsp3) is 0.375. The Bertz CT molecular complexity index is 1350. The minimum Gasteiger partial charge on any atom is -0.485 e. The molecule has 7 nitrogen and oxygen atoms in total. The highest BCUT2D eigenvalue weighted by atomic mass is 16.6. The molecule has 0 bridgehead atoms.